The molecule has 26 heavy (non-hydrogen) atoms. The molecule has 2 aliphatic rings. The van der Waals surface area contributed by atoms with E-state index in [4.69, 9.17) is 5.73 Å². The Labute approximate surface area is 157 Å². The fourth-order valence-electron chi connectivity index (χ4n) is 3.99. The molecule has 1 aromatic carbocycles. The fourth-order valence-corrected chi connectivity index (χ4v) is 3.99. The van der Waals surface area contributed by atoms with Gasteiger partial charge in [0.2, 0.25) is 0 Å². The number of carbonyl (C=O) groups is 1. The Balaban J connectivity index is 1.69. The maximum atomic E-state index is 13.0. The average Bonchev–Trinajstić information content (AvgIpc) is 3.09. The number of benzene rings is 1. The number of nitrogens with zero attached hydrogens (tertiary/aromatic N) is 3. The molecule has 0 aliphatic carbocycles. The van der Waals surface area contributed by atoms with Gasteiger partial charge in [0.05, 0.1) is 0 Å². The predicted molar refractivity (Wildman–Crippen MR) is 105 cm³/mol. The second-order valence-electron chi connectivity index (χ2n) is 7.97. The van der Waals surface area contributed by atoms with E-state index < -0.39 is 0 Å². The number of hydrazine groups is 1. The Morgan fingerprint density at radius 1 is 1.27 bits per heavy atom. The Morgan fingerprint density at radius 2 is 2.04 bits per heavy atom. The van der Waals surface area contributed by atoms with Crippen LogP contribution in [-0.2, 0) is 0 Å². The quantitative estimate of drug-likeness (QED) is 0.880. The summed E-state index contributed by atoms with van der Waals surface area (Å²) in [4.78, 5) is 14.9. The van der Waals surface area contributed by atoms with Crippen LogP contribution in [0.5, 0.6) is 0 Å². The van der Waals surface area contributed by atoms with Gasteiger partial charge in [0.15, 0.2) is 0 Å². The van der Waals surface area contributed by atoms with Crippen LogP contribution < -0.4 is 5.73 Å². The van der Waals surface area contributed by atoms with E-state index in [-0.39, 0.29) is 12.1 Å². The highest BCUT2D eigenvalue weighted by molar-refractivity contribution is 5.75. The molecule has 0 aromatic heterocycles. The molecular weight excluding hydrogens is 324 g/mol. The third kappa shape index (κ3) is 4.65. The number of piperidine rings is 1. The highest BCUT2D eigenvalue weighted by atomic mass is 16.2. The van der Waals surface area contributed by atoms with Crippen molar-refractivity contribution in [1.82, 2.24) is 14.9 Å². The van der Waals surface area contributed by atoms with E-state index in [0.717, 1.165) is 38.9 Å². The second kappa shape index (κ2) is 8.69. The minimum atomic E-state index is 0.0604. The minimum Gasteiger partial charge on any atom is -0.326 e. The summed E-state index contributed by atoms with van der Waals surface area (Å²) < 4.78 is 0. The van der Waals surface area contributed by atoms with Gasteiger partial charge in [-0.3, -0.25) is 0 Å². The van der Waals surface area contributed by atoms with Crippen LogP contribution in [0.1, 0.15) is 44.6 Å². The van der Waals surface area contributed by atoms with Crippen molar-refractivity contribution in [2.75, 3.05) is 26.2 Å². The van der Waals surface area contributed by atoms with Crippen LogP contribution in [-0.4, -0.2) is 53.2 Å². The number of hydrogen-bond acceptors (Lipinski definition) is 3. The smallest absolute Gasteiger partial charge is 0.326 e. The number of likely N-dealkylation sites (tertiary alicyclic amines) is 1. The SMILES string of the molecule is CC(C)CC(CN1CC=CN1C(=O)N1CCC[C@@H](N)C1)c1ccccc1. The summed E-state index contributed by atoms with van der Waals surface area (Å²) in [7, 11) is 0. The molecule has 2 aliphatic heterocycles. The minimum absolute atomic E-state index is 0.0604. The Bertz CT molecular complexity index is 616. The Morgan fingerprint density at radius 3 is 2.73 bits per heavy atom. The third-order valence-electron chi connectivity index (χ3n) is 5.25. The molecule has 1 fully saturated rings. The molecule has 0 saturated carbocycles. The molecular formula is C21H32N4O. The van der Waals surface area contributed by atoms with Crippen molar-refractivity contribution in [3.63, 3.8) is 0 Å². The molecule has 0 spiro atoms. The lowest BCUT2D eigenvalue weighted by atomic mass is 9.90. The van der Waals surface area contributed by atoms with Crippen molar-refractivity contribution in [1.29, 1.82) is 0 Å². The zero-order valence-electron chi connectivity index (χ0n) is 16.1. The lowest BCUT2D eigenvalue weighted by Gasteiger charge is -2.37. The van der Waals surface area contributed by atoms with Gasteiger partial charge in [-0.15, -0.1) is 0 Å². The summed E-state index contributed by atoms with van der Waals surface area (Å²) in [5.41, 5.74) is 7.41. The van der Waals surface area contributed by atoms with Gasteiger partial charge in [0.1, 0.15) is 0 Å². The normalized spacial score (nSPS) is 22.2. The third-order valence-corrected chi connectivity index (χ3v) is 5.25. The molecule has 2 amide bonds. The van der Waals surface area contributed by atoms with E-state index in [1.807, 2.05) is 11.1 Å². The van der Waals surface area contributed by atoms with E-state index in [1.54, 1.807) is 5.01 Å². The van der Waals surface area contributed by atoms with Gasteiger partial charge in [-0.25, -0.2) is 14.8 Å². The van der Waals surface area contributed by atoms with Gasteiger partial charge in [-0.05, 0) is 36.7 Å². The lowest BCUT2D eigenvalue weighted by molar-refractivity contribution is 0.0470. The number of rotatable bonds is 5. The molecule has 2 atom stereocenters. The van der Waals surface area contributed by atoms with Crippen molar-refractivity contribution >= 4 is 6.03 Å². The zero-order valence-corrected chi connectivity index (χ0v) is 16.1. The van der Waals surface area contributed by atoms with Gasteiger partial charge in [-0.2, -0.15) is 0 Å². The molecule has 5 nitrogen and oxygen atoms in total. The first-order valence-electron chi connectivity index (χ1n) is 9.84. The average molecular weight is 357 g/mol. The summed E-state index contributed by atoms with van der Waals surface area (Å²) in [5, 5.41) is 3.97. The number of nitrogens with two attached hydrogens (primary N) is 1. The largest absolute Gasteiger partial charge is 0.338 e. The highest BCUT2D eigenvalue weighted by Gasteiger charge is 2.31. The van der Waals surface area contributed by atoms with E-state index in [9.17, 15) is 4.79 Å². The van der Waals surface area contributed by atoms with Crippen molar-refractivity contribution in [2.24, 2.45) is 11.7 Å². The van der Waals surface area contributed by atoms with Crippen LogP contribution in [0, 0.1) is 5.92 Å². The Kier molecular flexibility index (Phi) is 6.33. The van der Waals surface area contributed by atoms with Crippen molar-refractivity contribution in [2.45, 2.75) is 45.1 Å². The van der Waals surface area contributed by atoms with Crippen LogP contribution in [0.4, 0.5) is 4.79 Å². The van der Waals surface area contributed by atoms with Crippen molar-refractivity contribution in [3.05, 3.63) is 48.2 Å². The molecule has 142 valence electrons. The Hall–Kier alpha value is -1.85. The molecule has 2 heterocycles. The molecule has 1 unspecified atom stereocenters. The van der Waals surface area contributed by atoms with Crippen molar-refractivity contribution < 1.29 is 4.79 Å². The van der Waals surface area contributed by atoms with E-state index in [2.05, 4.69) is 55.3 Å². The summed E-state index contributed by atoms with van der Waals surface area (Å²) in [6, 6.07) is 10.8. The summed E-state index contributed by atoms with van der Waals surface area (Å²) in [5.74, 6) is 1.02. The lowest BCUT2D eigenvalue weighted by Crippen LogP contribution is -2.53. The van der Waals surface area contributed by atoms with Crippen LogP contribution >= 0.6 is 0 Å². The molecule has 1 aromatic rings. The monoisotopic (exact) mass is 356 g/mol. The number of hydrogen-bond donors (Lipinski definition) is 1. The molecule has 2 N–H and O–H groups in total. The topological polar surface area (TPSA) is 52.8 Å². The number of urea groups is 1. The maximum absolute atomic E-state index is 13.0. The van der Waals surface area contributed by atoms with Gasteiger partial charge in [0.25, 0.3) is 0 Å². The van der Waals surface area contributed by atoms with Crippen LogP contribution in [0.2, 0.25) is 0 Å². The molecule has 0 radical (unpaired) electrons. The summed E-state index contributed by atoms with van der Waals surface area (Å²) in [6.07, 6.45) is 7.09. The van der Waals surface area contributed by atoms with Crippen molar-refractivity contribution in [3.8, 4) is 0 Å². The summed E-state index contributed by atoms with van der Waals surface area (Å²) in [6.45, 7) is 7.62. The fraction of sp³-hybridized carbons (Fsp3) is 0.571. The molecule has 5 heteroatoms. The highest BCUT2D eigenvalue weighted by Crippen LogP contribution is 2.27. The zero-order chi connectivity index (χ0) is 18.5. The van der Waals surface area contributed by atoms with Gasteiger partial charge >= 0.3 is 6.03 Å². The summed E-state index contributed by atoms with van der Waals surface area (Å²) >= 11 is 0. The van der Waals surface area contributed by atoms with Crippen LogP contribution in [0.15, 0.2) is 42.6 Å². The van der Waals surface area contributed by atoms with Crippen LogP contribution in [0.25, 0.3) is 0 Å². The predicted octanol–water partition coefficient (Wildman–Crippen LogP) is 3.41. The first-order chi connectivity index (χ1) is 12.5. The van der Waals surface area contributed by atoms with Gasteiger partial charge < -0.3 is 10.6 Å². The number of amides is 2. The standard InChI is InChI=1S/C21H32N4O/c1-17(2)14-19(18-8-4-3-5-9-18)15-24-12-7-13-25(24)21(26)23-11-6-10-20(22)16-23/h3-5,7-9,13,17,19-20H,6,10-12,14-16,22H2,1-2H3/t19?,20-/m1/s1. The first-order valence-corrected chi connectivity index (χ1v) is 9.84. The molecule has 0 bridgehead atoms. The molecule has 3 rings (SSSR count). The second-order valence-corrected chi connectivity index (χ2v) is 7.97. The van der Waals surface area contributed by atoms with Gasteiger partial charge in [-0.1, -0.05) is 50.3 Å². The maximum Gasteiger partial charge on any atom is 0.338 e. The van der Waals surface area contributed by atoms with Crippen LogP contribution in [0.3, 0.4) is 0 Å². The van der Waals surface area contributed by atoms with E-state index >= 15 is 0 Å². The van der Waals surface area contributed by atoms with E-state index in [1.165, 1.54) is 5.56 Å². The van der Waals surface area contributed by atoms with E-state index in [0.29, 0.717) is 18.4 Å². The molecule has 1 saturated heterocycles. The number of carbonyl (C=O) groups excluding carboxylic acids is 1. The van der Waals surface area contributed by atoms with Gasteiger partial charge in [0, 0.05) is 38.4 Å². The first kappa shape index (κ1) is 18.9.